The van der Waals surface area contributed by atoms with Crippen LogP contribution in [0.4, 0.5) is 8.78 Å². The lowest BCUT2D eigenvalue weighted by molar-refractivity contribution is 0.0694. The Morgan fingerprint density at radius 3 is 2.33 bits per heavy atom. The standard InChI is InChI=1S/C30H29Cl2F2N3O2S/c1-29(2,39)17-36-27(38)18-5-6-19(25(34)13-18)16-40-28-35-15-26(37(28)22-10-8-21(33)9-11-22)30(3,4)20-7-12-23(31)24(32)14-20/h5-15,39H,16-17H2,1-4H3,(H,36,38). The Kier molecular flexibility index (Phi) is 8.95. The van der Waals surface area contributed by atoms with Gasteiger partial charge in [0.2, 0.25) is 0 Å². The van der Waals surface area contributed by atoms with Crippen molar-refractivity contribution in [2.45, 2.75) is 49.6 Å². The molecule has 0 aliphatic carbocycles. The van der Waals surface area contributed by atoms with Crippen LogP contribution in [-0.4, -0.2) is 32.7 Å². The van der Waals surface area contributed by atoms with E-state index in [1.807, 2.05) is 30.5 Å². The van der Waals surface area contributed by atoms with Crippen LogP contribution in [0.25, 0.3) is 5.69 Å². The minimum Gasteiger partial charge on any atom is -0.389 e. The smallest absolute Gasteiger partial charge is 0.251 e. The number of nitrogens with zero attached hydrogens (tertiary/aromatic N) is 2. The number of rotatable bonds is 9. The molecule has 0 aliphatic rings. The van der Waals surface area contributed by atoms with E-state index >= 15 is 4.39 Å². The third-order valence-electron chi connectivity index (χ3n) is 6.45. The van der Waals surface area contributed by atoms with Crippen molar-refractivity contribution >= 4 is 40.9 Å². The number of amides is 1. The fraction of sp³-hybridized carbons (Fsp3) is 0.267. The molecule has 0 aliphatic heterocycles. The van der Waals surface area contributed by atoms with E-state index < -0.39 is 22.7 Å². The molecule has 1 amide bonds. The highest BCUT2D eigenvalue weighted by Gasteiger charge is 2.30. The highest BCUT2D eigenvalue weighted by molar-refractivity contribution is 7.98. The molecule has 5 nitrogen and oxygen atoms in total. The molecule has 2 N–H and O–H groups in total. The summed E-state index contributed by atoms with van der Waals surface area (Å²) in [5.41, 5.74) is 1.33. The lowest BCUT2D eigenvalue weighted by Crippen LogP contribution is -2.38. The zero-order valence-electron chi connectivity index (χ0n) is 22.4. The van der Waals surface area contributed by atoms with E-state index in [9.17, 15) is 14.3 Å². The third-order valence-corrected chi connectivity index (χ3v) is 8.19. The van der Waals surface area contributed by atoms with Crippen LogP contribution in [0.1, 0.15) is 54.9 Å². The molecule has 0 fully saturated rings. The number of thioether (sulfide) groups is 1. The van der Waals surface area contributed by atoms with Gasteiger partial charge >= 0.3 is 0 Å². The zero-order chi connectivity index (χ0) is 29.2. The summed E-state index contributed by atoms with van der Waals surface area (Å²) in [7, 11) is 0. The summed E-state index contributed by atoms with van der Waals surface area (Å²) in [5.74, 6) is -1.12. The molecule has 1 aromatic heterocycles. The van der Waals surface area contributed by atoms with Crippen LogP contribution < -0.4 is 5.32 Å². The summed E-state index contributed by atoms with van der Waals surface area (Å²) in [4.78, 5) is 17.0. The van der Waals surface area contributed by atoms with Crippen LogP contribution >= 0.6 is 35.0 Å². The van der Waals surface area contributed by atoms with E-state index in [0.29, 0.717) is 26.5 Å². The summed E-state index contributed by atoms with van der Waals surface area (Å²) >= 11 is 13.8. The second kappa shape index (κ2) is 11.9. The maximum absolute atomic E-state index is 15.0. The van der Waals surface area contributed by atoms with Crippen LogP contribution in [0.15, 0.2) is 72.0 Å². The van der Waals surface area contributed by atoms with E-state index in [2.05, 4.69) is 10.3 Å². The molecule has 4 rings (SSSR count). The van der Waals surface area contributed by atoms with Gasteiger partial charge in [0.1, 0.15) is 11.6 Å². The Hall–Kier alpha value is -2.91. The Morgan fingerprint density at radius 1 is 1.00 bits per heavy atom. The minimum atomic E-state index is -1.08. The van der Waals surface area contributed by atoms with Crippen molar-refractivity contribution in [1.29, 1.82) is 0 Å². The summed E-state index contributed by atoms with van der Waals surface area (Å²) in [6, 6.07) is 15.8. The predicted octanol–water partition coefficient (Wildman–Crippen LogP) is 7.58. The normalized spacial score (nSPS) is 12.0. The van der Waals surface area contributed by atoms with Gasteiger partial charge in [-0.15, -0.1) is 0 Å². The Bertz CT molecular complexity index is 1530. The van der Waals surface area contributed by atoms with Gasteiger partial charge in [-0.2, -0.15) is 0 Å². The quantitative estimate of drug-likeness (QED) is 0.194. The lowest BCUT2D eigenvalue weighted by atomic mass is 9.81. The summed E-state index contributed by atoms with van der Waals surface area (Å²) in [5, 5.41) is 13.9. The van der Waals surface area contributed by atoms with Crippen molar-refractivity contribution in [2.75, 3.05) is 6.54 Å². The van der Waals surface area contributed by atoms with Crippen molar-refractivity contribution in [3.63, 3.8) is 0 Å². The second-order valence-corrected chi connectivity index (χ2v) is 12.3. The maximum Gasteiger partial charge on any atom is 0.251 e. The Morgan fingerprint density at radius 2 is 1.70 bits per heavy atom. The number of benzene rings is 3. The molecular weight excluding hydrogens is 575 g/mol. The van der Waals surface area contributed by atoms with E-state index in [-0.39, 0.29) is 23.7 Å². The molecule has 0 unspecified atom stereocenters. The Labute approximate surface area is 246 Å². The molecule has 0 saturated heterocycles. The number of nitrogens with one attached hydrogen (secondary N) is 1. The summed E-state index contributed by atoms with van der Waals surface area (Å²) < 4.78 is 30.7. The van der Waals surface area contributed by atoms with Crippen LogP contribution in [0.2, 0.25) is 10.0 Å². The van der Waals surface area contributed by atoms with Gasteiger partial charge < -0.3 is 10.4 Å². The molecule has 3 aromatic carbocycles. The van der Waals surface area contributed by atoms with Crippen LogP contribution in [0.3, 0.4) is 0 Å². The monoisotopic (exact) mass is 603 g/mol. The molecule has 1 heterocycles. The molecular formula is C30H29Cl2F2N3O2S. The number of halogens is 4. The van der Waals surface area contributed by atoms with E-state index in [4.69, 9.17) is 23.2 Å². The fourth-order valence-corrected chi connectivity index (χ4v) is 5.37. The van der Waals surface area contributed by atoms with Crippen molar-refractivity contribution < 1.29 is 18.7 Å². The number of aliphatic hydroxyl groups is 1. The topological polar surface area (TPSA) is 67.2 Å². The number of hydrogen-bond acceptors (Lipinski definition) is 4. The van der Waals surface area contributed by atoms with Gasteiger partial charge in [-0.25, -0.2) is 13.8 Å². The summed E-state index contributed by atoms with van der Waals surface area (Å²) in [6.45, 7) is 7.24. The van der Waals surface area contributed by atoms with Crippen LogP contribution in [0, 0.1) is 11.6 Å². The molecule has 0 spiro atoms. The minimum absolute atomic E-state index is 0.0397. The van der Waals surface area contributed by atoms with Gasteiger partial charge in [-0.3, -0.25) is 9.36 Å². The maximum atomic E-state index is 15.0. The first-order valence-corrected chi connectivity index (χ1v) is 14.2. The molecule has 0 bridgehead atoms. The number of imidazole rings is 1. The highest BCUT2D eigenvalue weighted by Crippen LogP contribution is 2.38. The second-order valence-electron chi connectivity index (χ2n) is 10.6. The molecule has 210 valence electrons. The predicted molar refractivity (Wildman–Crippen MR) is 157 cm³/mol. The van der Waals surface area contributed by atoms with Crippen LogP contribution in [-0.2, 0) is 11.2 Å². The number of carbonyl (C=O) groups excluding carboxylic acids is 1. The fourth-order valence-electron chi connectivity index (χ4n) is 4.10. The SMILES string of the molecule is CC(C)(O)CNC(=O)c1ccc(CSc2ncc(C(C)(C)c3ccc(Cl)c(Cl)c3)n2-c2ccc(F)cc2)c(F)c1. The van der Waals surface area contributed by atoms with Gasteiger partial charge in [0, 0.05) is 29.0 Å². The largest absolute Gasteiger partial charge is 0.389 e. The molecule has 0 atom stereocenters. The van der Waals surface area contributed by atoms with Gasteiger partial charge in [0.15, 0.2) is 5.16 Å². The molecule has 0 saturated carbocycles. The van der Waals surface area contributed by atoms with Crippen LogP contribution in [0.5, 0.6) is 0 Å². The number of carbonyl (C=O) groups is 1. The first-order chi connectivity index (χ1) is 18.8. The van der Waals surface area contributed by atoms with E-state index in [0.717, 1.165) is 11.3 Å². The molecule has 40 heavy (non-hydrogen) atoms. The number of hydrogen-bond donors (Lipinski definition) is 2. The first kappa shape index (κ1) is 30.1. The van der Waals surface area contributed by atoms with Crippen molar-refractivity contribution in [1.82, 2.24) is 14.9 Å². The van der Waals surface area contributed by atoms with E-state index in [1.54, 1.807) is 50.4 Å². The molecule has 0 radical (unpaired) electrons. The van der Waals surface area contributed by atoms with Gasteiger partial charge in [-0.1, -0.05) is 60.9 Å². The lowest BCUT2D eigenvalue weighted by Gasteiger charge is -2.28. The third kappa shape index (κ3) is 6.86. The Balaban J connectivity index is 1.64. The first-order valence-electron chi connectivity index (χ1n) is 12.5. The zero-order valence-corrected chi connectivity index (χ0v) is 24.8. The highest BCUT2D eigenvalue weighted by atomic mass is 35.5. The van der Waals surface area contributed by atoms with Gasteiger partial charge in [-0.05, 0) is 73.5 Å². The van der Waals surface area contributed by atoms with Crippen molar-refractivity contribution in [2.24, 2.45) is 0 Å². The van der Waals surface area contributed by atoms with Gasteiger partial charge in [0.25, 0.3) is 5.91 Å². The average Bonchev–Trinajstić information content (AvgIpc) is 3.33. The average molecular weight is 605 g/mol. The van der Waals surface area contributed by atoms with Crippen molar-refractivity contribution in [3.8, 4) is 5.69 Å². The number of aromatic nitrogens is 2. The van der Waals surface area contributed by atoms with E-state index in [1.165, 1.54) is 30.0 Å². The van der Waals surface area contributed by atoms with Crippen molar-refractivity contribution in [3.05, 3.63) is 111 Å². The summed E-state index contributed by atoms with van der Waals surface area (Å²) in [6.07, 6.45) is 1.75. The van der Waals surface area contributed by atoms with Gasteiger partial charge in [0.05, 0.1) is 27.5 Å². The molecule has 10 heteroatoms. The molecule has 4 aromatic rings.